The van der Waals surface area contributed by atoms with E-state index in [-0.39, 0.29) is 0 Å². The maximum Gasteiger partial charge on any atom is 0.194 e. The summed E-state index contributed by atoms with van der Waals surface area (Å²) in [5.74, 6) is 1.55. The molecule has 0 unspecified atom stereocenters. The molecule has 1 fully saturated rings. The monoisotopic (exact) mass is 369 g/mol. The van der Waals surface area contributed by atoms with E-state index < -0.39 is 0 Å². The van der Waals surface area contributed by atoms with Crippen LogP contribution in [-0.2, 0) is 13.1 Å². The van der Waals surface area contributed by atoms with Crippen molar-refractivity contribution in [2.24, 2.45) is 4.99 Å². The van der Waals surface area contributed by atoms with Crippen LogP contribution in [0.3, 0.4) is 0 Å². The van der Waals surface area contributed by atoms with E-state index in [2.05, 4.69) is 65.3 Å². The number of guanidine groups is 1. The number of hydrogen-bond acceptors (Lipinski definition) is 4. The minimum atomic E-state index is 0.543. The molecule has 27 heavy (non-hydrogen) atoms. The number of nitrogens with zero attached hydrogens (tertiary/aromatic N) is 4. The van der Waals surface area contributed by atoms with Gasteiger partial charge in [-0.1, -0.05) is 43.3 Å². The molecule has 0 atom stereocenters. The van der Waals surface area contributed by atoms with Crippen LogP contribution in [0.5, 0.6) is 0 Å². The van der Waals surface area contributed by atoms with Crippen molar-refractivity contribution >= 4 is 5.96 Å². The summed E-state index contributed by atoms with van der Waals surface area (Å²) in [6, 6.07) is 10.9. The molecule has 3 rings (SSSR count). The molecule has 6 nitrogen and oxygen atoms in total. The Kier molecular flexibility index (Phi) is 6.87. The second-order valence-corrected chi connectivity index (χ2v) is 7.32. The predicted molar refractivity (Wildman–Crippen MR) is 109 cm³/mol. The third-order valence-electron chi connectivity index (χ3n) is 4.94. The second-order valence-electron chi connectivity index (χ2n) is 7.32. The second kappa shape index (κ2) is 9.55. The number of piperazine rings is 1. The summed E-state index contributed by atoms with van der Waals surface area (Å²) in [6.45, 7) is 13.0. The standard InChI is InChI=1S/C21H31N5O/c1-4-22-21(23-15-20-9-14-27-24-20)26-12-10-25(11-13-26)16-18-5-7-19(8-6-18)17(2)3/h5-9,14,17H,4,10-13,15-16H2,1-3H3,(H,22,23). The molecule has 1 aromatic heterocycles. The van der Waals surface area contributed by atoms with Crippen LogP contribution in [0, 0.1) is 0 Å². The Morgan fingerprint density at radius 3 is 2.48 bits per heavy atom. The lowest BCUT2D eigenvalue weighted by atomic mass is 10.0. The van der Waals surface area contributed by atoms with E-state index in [9.17, 15) is 0 Å². The lowest BCUT2D eigenvalue weighted by molar-refractivity contribution is 0.172. The average Bonchev–Trinajstić information content (AvgIpc) is 3.20. The average molecular weight is 370 g/mol. The highest BCUT2D eigenvalue weighted by Gasteiger charge is 2.19. The van der Waals surface area contributed by atoms with Crippen molar-refractivity contribution in [3.8, 4) is 0 Å². The first kappa shape index (κ1) is 19.4. The van der Waals surface area contributed by atoms with Gasteiger partial charge in [0.25, 0.3) is 0 Å². The van der Waals surface area contributed by atoms with Crippen LogP contribution in [0.1, 0.15) is 43.5 Å². The predicted octanol–water partition coefficient (Wildman–Crippen LogP) is 3.08. The Morgan fingerprint density at radius 2 is 1.89 bits per heavy atom. The van der Waals surface area contributed by atoms with Gasteiger partial charge in [-0.15, -0.1) is 0 Å². The minimum absolute atomic E-state index is 0.543. The van der Waals surface area contributed by atoms with Crippen LogP contribution in [0.4, 0.5) is 0 Å². The molecule has 1 N–H and O–H groups in total. The third-order valence-corrected chi connectivity index (χ3v) is 4.94. The summed E-state index contributed by atoms with van der Waals surface area (Å²) in [7, 11) is 0. The largest absolute Gasteiger partial charge is 0.364 e. The van der Waals surface area contributed by atoms with E-state index in [0.717, 1.165) is 50.9 Å². The number of benzene rings is 1. The Bertz CT molecular complexity index is 701. The summed E-state index contributed by atoms with van der Waals surface area (Å²) in [6.07, 6.45) is 1.59. The van der Waals surface area contributed by atoms with Gasteiger partial charge in [-0.2, -0.15) is 0 Å². The van der Waals surface area contributed by atoms with Crippen LogP contribution in [0.15, 0.2) is 46.1 Å². The van der Waals surface area contributed by atoms with Crippen LogP contribution < -0.4 is 5.32 Å². The summed E-state index contributed by atoms with van der Waals surface area (Å²) < 4.78 is 4.88. The summed E-state index contributed by atoms with van der Waals surface area (Å²) >= 11 is 0. The Labute approximate surface area is 162 Å². The fourth-order valence-electron chi connectivity index (χ4n) is 3.28. The summed E-state index contributed by atoms with van der Waals surface area (Å²) in [4.78, 5) is 9.56. The summed E-state index contributed by atoms with van der Waals surface area (Å²) in [5, 5.41) is 7.33. The first-order valence-electron chi connectivity index (χ1n) is 9.89. The molecule has 2 heterocycles. The number of hydrogen-bond donors (Lipinski definition) is 1. The van der Waals surface area contributed by atoms with Gasteiger partial charge >= 0.3 is 0 Å². The Balaban J connectivity index is 1.52. The number of nitrogens with one attached hydrogen (secondary N) is 1. The molecule has 1 aliphatic rings. The Hall–Kier alpha value is -2.34. The Morgan fingerprint density at radius 1 is 1.15 bits per heavy atom. The van der Waals surface area contributed by atoms with Crippen molar-refractivity contribution in [3.05, 3.63) is 53.4 Å². The van der Waals surface area contributed by atoms with Crippen molar-refractivity contribution in [1.29, 1.82) is 0 Å². The molecule has 0 saturated carbocycles. The normalized spacial score (nSPS) is 16.1. The molecule has 6 heteroatoms. The lowest BCUT2D eigenvalue weighted by Crippen LogP contribution is -2.52. The van der Waals surface area contributed by atoms with Crippen molar-refractivity contribution < 1.29 is 4.52 Å². The smallest absolute Gasteiger partial charge is 0.194 e. The zero-order valence-corrected chi connectivity index (χ0v) is 16.7. The van der Waals surface area contributed by atoms with Crippen molar-refractivity contribution in [2.75, 3.05) is 32.7 Å². The first-order chi connectivity index (χ1) is 13.2. The van der Waals surface area contributed by atoms with E-state index in [1.807, 2.05) is 6.07 Å². The molecule has 0 amide bonds. The van der Waals surface area contributed by atoms with Gasteiger partial charge in [0.15, 0.2) is 5.96 Å². The van der Waals surface area contributed by atoms with E-state index in [1.54, 1.807) is 6.26 Å². The van der Waals surface area contributed by atoms with Crippen molar-refractivity contribution in [1.82, 2.24) is 20.3 Å². The van der Waals surface area contributed by atoms with E-state index in [1.165, 1.54) is 11.1 Å². The van der Waals surface area contributed by atoms with Crippen LogP contribution in [-0.4, -0.2) is 53.6 Å². The van der Waals surface area contributed by atoms with Gasteiger partial charge < -0.3 is 14.7 Å². The van der Waals surface area contributed by atoms with Crippen LogP contribution >= 0.6 is 0 Å². The number of rotatable bonds is 6. The first-order valence-corrected chi connectivity index (χ1v) is 9.89. The van der Waals surface area contributed by atoms with E-state index in [4.69, 9.17) is 9.52 Å². The molecule has 0 aliphatic carbocycles. The van der Waals surface area contributed by atoms with E-state index in [0.29, 0.717) is 12.5 Å². The highest BCUT2D eigenvalue weighted by atomic mass is 16.5. The van der Waals surface area contributed by atoms with Gasteiger partial charge in [0, 0.05) is 45.3 Å². The van der Waals surface area contributed by atoms with Gasteiger partial charge in [-0.3, -0.25) is 4.90 Å². The van der Waals surface area contributed by atoms with Gasteiger partial charge in [0.2, 0.25) is 0 Å². The maximum atomic E-state index is 4.88. The highest BCUT2D eigenvalue weighted by Crippen LogP contribution is 2.16. The van der Waals surface area contributed by atoms with Crippen LogP contribution in [0.25, 0.3) is 0 Å². The topological polar surface area (TPSA) is 56.9 Å². The molecule has 1 saturated heterocycles. The summed E-state index contributed by atoms with van der Waals surface area (Å²) in [5.41, 5.74) is 3.65. The zero-order chi connectivity index (χ0) is 19.1. The molecule has 1 aromatic carbocycles. The van der Waals surface area contributed by atoms with Crippen LogP contribution in [0.2, 0.25) is 0 Å². The molecule has 0 spiro atoms. The molecule has 2 aromatic rings. The van der Waals surface area contributed by atoms with E-state index >= 15 is 0 Å². The minimum Gasteiger partial charge on any atom is -0.364 e. The third kappa shape index (κ3) is 5.57. The molecule has 146 valence electrons. The number of aliphatic imine (C=N–C) groups is 1. The van der Waals surface area contributed by atoms with Crippen molar-refractivity contribution in [3.63, 3.8) is 0 Å². The number of aromatic nitrogens is 1. The van der Waals surface area contributed by atoms with Gasteiger partial charge in [0.1, 0.15) is 12.0 Å². The van der Waals surface area contributed by atoms with Crippen molar-refractivity contribution in [2.45, 2.75) is 39.8 Å². The zero-order valence-electron chi connectivity index (χ0n) is 16.7. The molecular weight excluding hydrogens is 338 g/mol. The maximum absolute atomic E-state index is 4.88. The van der Waals surface area contributed by atoms with Gasteiger partial charge in [0.05, 0.1) is 6.54 Å². The molecule has 0 radical (unpaired) electrons. The highest BCUT2D eigenvalue weighted by molar-refractivity contribution is 5.80. The quantitative estimate of drug-likeness (QED) is 0.626. The molecular formula is C21H31N5O. The van der Waals surface area contributed by atoms with Gasteiger partial charge in [-0.05, 0) is 24.0 Å². The molecule has 0 bridgehead atoms. The lowest BCUT2D eigenvalue weighted by Gasteiger charge is -2.36. The molecule has 1 aliphatic heterocycles. The fourth-order valence-corrected chi connectivity index (χ4v) is 3.28. The van der Waals surface area contributed by atoms with Gasteiger partial charge in [-0.25, -0.2) is 4.99 Å². The fraction of sp³-hybridized carbons (Fsp3) is 0.524. The SMILES string of the molecule is CCNC(=NCc1ccon1)N1CCN(Cc2ccc(C(C)C)cc2)CC1.